The second-order valence-corrected chi connectivity index (χ2v) is 7.53. The number of ether oxygens (including phenoxy) is 1. The average Bonchev–Trinajstić information content (AvgIpc) is 2.51. The maximum atomic E-state index is 12.1. The summed E-state index contributed by atoms with van der Waals surface area (Å²) >= 11 is 0. The highest BCUT2D eigenvalue weighted by Crippen LogP contribution is 2.13. The molecular weight excluding hydrogens is 318 g/mol. The molecular formula is C16H23NO5S. The van der Waals surface area contributed by atoms with Gasteiger partial charge in [0, 0.05) is 6.04 Å². The van der Waals surface area contributed by atoms with Crippen LogP contribution in [0.15, 0.2) is 29.2 Å². The van der Waals surface area contributed by atoms with Gasteiger partial charge in [-0.1, -0.05) is 24.6 Å². The third-order valence-electron chi connectivity index (χ3n) is 3.34. The van der Waals surface area contributed by atoms with Crippen molar-refractivity contribution < 1.29 is 22.7 Å². The Morgan fingerprint density at radius 1 is 1.22 bits per heavy atom. The van der Waals surface area contributed by atoms with Crippen LogP contribution in [0.3, 0.4) is 0 Å². The first-order valence-corrected chi connectivity index (χ1v) is 9.14. The normalized spacial score (nSPS) is 12.5. The molecule has 1 N–H and O–H groups in total. The van der Waals surface area contributed by atoms with E-state index < -0.39 is 28.3 Å². The summed E-state index contributed by atoms with van der Waals surface area (Å²) in [5.74, 6) is -1.45. The van der Waals surface area contributed by atoms with Gasteiger partial charge in [0.15, 0.2) is 16.4 Å². The minimum atomic E-state index is -3.54. The van der Waals surface area contributed by atoms with Crippen LogP contribution in [0.5, 0.6) is 0 Å². The fourth-order valence-electron chi connectivity index (χ4n) is 1.72. The zero-order chi connectivity index (χ0) is 17.5. The number of nitrogens with one attached hydrogen (secondary N) is 1. The summed E-state index contributed by atoms with van der Waals surface area (Å²) in [6.07, 6.45) is 0.487. The lowest BCUT2D eigenvalue weighted by molar-refractivity contribution is -0.148. The number of esters is 1. The molecule has 0 radical (unpaired) electrons. The van der Waals surface area contributed by atoms with E-state index >= 15 is 0 Å². The average molecular weight is 341 g/mol. The number of rotatable bonds is 8. The van der Waals surface area contributed by atoms with E-state index in [4.69, 9.17) is 4.74 Å². The molecule has 128 valence electrons. The lowest BCUT2D eigenvalue weighted by Crippen LogP contribution is -2.35. The Balaban J connectivity index is 2.43. The maximum Gasteiger partial charge on any atom is 0.307 e. The van der Waals surface area contributed by atoms with Gasteiger partial charge in [-0.3, -0.25) is 9.59 Å². The number of carbonyl (C=O) groups is 2. The maximum absolute atomic E-state index is 12.1. The van der Waals surface area contributed by atoms with Gasteiger partial charge in [-0.15, -0.1) is 0 Å². The monoisotopic (exact) mass is 341 g/mol. The highest BCUT2D eigenvalue weighted by molar-refractivity contribution is 7.91. The third-order valence-corrected chi connectivity index (χ3v) is 5.07. The van der Waals surface area contributed by atoms with Crippen molar-refractivity contribution in [2.24, 2.45) is 0 Å². The van der Waals surface area contributed by atoms with Gasteiger partial charge in [-0.25, -0.2) is 8.42 Å². The van der Waals surface area contributed by atoms with E-state index in [2.05, 4.69) is 5.32 Å². The summed E-state index contributed by atoms with van der Waals surface area (Å²) in [4.78, 5) is 23.2. The Bertz CT molecular complexity index is 637. The Labute approximate surface area is 137 Å². The Morgan fingerprint density at radius 2 is 1.83 bits per heavy atom. The number of benzene rings is 1. The van der Waals surface area contributed by atoms with Gasteiger partial charge in [-0.2, -0.15) is 0 Å². The first-order valence-electron chi connectivity index (χ1n) is 7.49. The van der Waals surface area contributed by atoms with Crippen molar-refractivity contribution >= 4 is 21.7 Å². The quantitative estimate of drug-likeness (QED) is 0.726. The van der Waals surface area contributed by atoms with Gasteiger partial charge in [0.1, 0.15) is 0 Å². The van der Waals surface area contributed by atoms with Crippen molar-refractivity contribution in [3.63, 3.8) is 0 Å². The number of amides is 1. The molecule has 0 saturated heterocycles. The van der Waals surface area contributed by atoms with E-state index in [1.165, 1.54) is 12.1 Å². The highest BCUT2D eigenvalue weighted by Gasteiger charge is 2.17. The Morgan fingerprint density at radius 3 is 2.39 bits per heavy atom. The molecule has 0 aliphatic heterocycles. The SMILES string of the molecule is CCC(C)NC(=O)COC(=O)CCS(=O)(=O)c1ccc(C)cc1. The van der Waals surface area contributed by atoms with Crippen molar-refractivity contribution in [2.45, 2.75) is 44.6 Å². The van der Waals surface area contributed by atoms with Crippen LogP contribution in [-0.2, 0) is 24.2 Å². The summed E-state index contributed by atoms with van der Waals surface area (Å²) < 4.78 is 29.0. The standard InChI is InChI=1S/C16H23NO5S/c1-4-13(3)17-15(18)11-22-16(19)9-10-23(20,21)14-7-5-12(2)6-8-14/h5-8,13H,4,9-11H2,1-3H3,(H,17,18). The van der Waals surface area contributed by atoms with Crippen LogP contribution in [0.25, 0.3) is 0 Å². The molecule has 0 aliphatic carbocycles. The van der Waals surface area contributed by atoms with E-state index in [9.17, 15) is 18.0 Å². The van der Waals surface area contributed by atoms with E-state index in [1.807, 2.05) is 20.8 Å². The molecule has 1 rings (SSSR count). The van der Waals surface area contributed by atoms with Crippen LogP contribution in [-0.4, -0.2) is 38.7 Å². The van der Waals surface area contributed by atoms with Gasteiger partial charge < -0.3 is 10.1 Å². The molecule has 0 spiro atoms. The molecule has 1 aromatic rings. The fraction of sp³-hybridized carbons (Fsp3) is 0.500. The molecule has 0 saturated carbocycles. The summed E-state index contributed by atoms with van der Waals surface area (Å²) in [6.45, 7) is 5.23. The molecule has 23 heavy (non-hydrogen) atoms. The van der Waals surface area contributed by atoms with Crippen molar-refractivity contribution in [2.75, 3.05) is 12.4 Å². The number of aryl methyl sites for hydroxylation is 1. The van der Waals surface area contributed by atoms with Crippen LogP contribution in [0.4, 0.5) is 0 Å². The van der Waals surface area contributed by atoms with Crippen LogP contribution in [0, 0.1) is 6.92 Å². The summed E-state index contributed by atoms with van der Waals surface area (Å²) in [6, 6.07) is 6.42. The molecule has 1 amide bonds. The van der Waals surface area contributed by atoms with Crippen molar-refractivity contribution in [3.05, 3.63) is 29.8 Å². The van der Waals surface area contributed by atoms with Crippen molar-refractivity contribution in [3.8, 4) is 0 Å². The predicted octanol–water partition coefficient (Wildman–Crippen LogP) is 1.62. The van der Waals surface area contributed by atoms with E-state index in [0.29, 0.717) is 0 Å². The van der Waals surface area contributed by atoms with Gasteiger partial charge >= 0.3 is 5.97 Å². The molecule has 0 aromatic heterocycles. The van der Waals surface area contributed by atoms with E-state index in [1.54, 1.807) is 12.1 Å². The van der Waals surface area contributed by atoms with Gasteiger partial charge in [0.2, 0.25) is 0 Å². The molecule has 0 aliphatic rings. The Kier molecular flexibility index (Phi) is 7.22. The lowest BCUT2D eigenvalue weighted by atomic mass is 10.2. The zero-order valence-corrected chi connectivity index (χ0v) is 14.5. The lowest BCUT2D eigenvalue weighted by Gasteiger charge is -2.11. The van der Waals surface area contributed by atoms with Gasteiger partial charge in [0.25, 0.3) is 5.91 Å². The van der Waals surface area contributed by atoms with Gasteiger partial charge in [-0.05, 0) is 32.4 Å². The molecule has 1 atom stereocenters. The molecule has 0 fully saturated rings. The fourth-order valence-corrected chi connectivity index (χ4v) is 2.94. The molecule has 0 bridgehead atoms. The number of sulfone groups is 1. The minimum Gasteiger partial charge on any atom is -0.456 e. The molecule has 6 nitrogen and oxygen atoms in total. The molecule has 1 aromatic carbocycles. The Hall–Kier alpha value is -1.89. The van der Waals surface area contributed by atoms with E-state index in [-0.39, 0.29) is 23.1 Å². The molecule has 0 heterocycles. The van der Waals surface area contributed by atoms with Crippen LogP contribution in [0.1, 0.15) is 32.3 Å². The first-order chi connectivity index (χ1) is 10.7. The molecule has 7 heteroatoms. The van der Waals surface area contributed by atoms with Crippen LogP contribution < -0.4 is 5.32 Å². The molecule has 1 unspecified atom stereocenters. The van der Waals surface area contributed by atoms with E-state index in [0.717, 1.165) is 12.0 Å². The minimum absolute atomic E-state index is 0.00289. The van der Waals surface area contributed by atoms with Crippen molar-refractivity contribution in [1.82, 2.24) is 5.32 Å². The third kappa shape index (κ3) is 6.81. The zero-order valence-electron chi connectivity index (χ0n) is 13.7. The van der Waals surface area contributed by atoms with Crippen LogP contribution >= 0.6 is 0 Å². The predicted molar refractivity (Wildman–Crippen MR) is 86.7 cm³/mol. The summed E-state index contributed by atoms with van der Waals surface area (Å²) in [7, 11) is -3.54. The largest absolute Gasteiger partial charge is 0.456 e. The van der Waals surface area contributed by atoms with Crippen LogP contribution in [0.2, 0.25) is 0 Å². The smallest absolute Gasteiger partial charge is 0.307 e. The first kappa shape index (κ1) is 19.2. The van der Waals surface area contributed by atoms with Gasteiger partial charge in [0.05, 0.1) is 17.1 Å². The number of carbonyl (C=O) groups excluding carboxylic acids is 2. The second kappa shape index (κ2) is 8.67. The number of hydrogen-bond acceptors (Lipinski definition) is 5. The topological polar surface area (TPSA) is 89.5 Å². The number of hydrogen-bond donors (Lipinski definition) is 1. The van der Waals surface area contributed by atoms with Crippen molar-refractivity contribution in [1.29, 1.82) is 0 Å². The second-order valence-electron chi connectivity index (χ2n) is 5.42. The summed E-state index contributed by atoms with van der Waals surface area (Å²) in [5, 5.41) is 2.65. The summed E-state index contributed by atoms with van der Waals surface area (Å²) in [5.41, 5.74) is 0.954. The highest BCUT2D eigenvalue weighted by atomic mass is 32.2.